The molecule has 1 aromatic carbocycles. The highest BCUT2D eigenvalue weighted by Crippen LogP contribution is 2.22. The minimum absolute atomic E-state index is 0.0624. The second kappa shape index (κ2) is 5.91. The second-order valence-electron chi connectivity index (χ2n) is 3.81. The fourth-order valence-corrected chi connectivity index (χ4v) is 1.72. The van der Waals surface area contributed by atoms with Crippen LogP contribution in [0.15, 0.2) is 12.1 Å². The smallest absolute Gasteiger partial charge is 0.182 e. The molecule has 0 aromatic heterocycles. The summed E-state index contributed by atoms with van der Waals surface area (Å²) in [7, 11) is 0. The molecule has 1 rings (SSSR count). The van der Waals surface area contributed by atoms with Crippen molar-refractivity contribution in [2.45, 2.75) is 32.7 Å². The predicted octanol–water partition coefficient (Wildman–Crippen LogP) is 3.20. The fourth-order valence-electron chi connectivity index (χ4n) is 1.56. The standard InChI is InChI=1S/C12H16F2N2S/c1-3-7(4-2)16-9-6-5-8(12(15)17)10(13)11(9)14/h5-7,16H,3-4H2,1-2H3,(H2,15,17). The van der Waals surface area contributed by atoms with Crippen LogP contribution in [0.3, 0.4) is 0 Å². The maximum Gasteiger partial charge on any atom is 0.182 e. The number of nitrogens with two attached hydrogens (primary N) is 1. The van der Waals surface area contributed by atoms with Crippen LogP contribution < -0.4 is 11.1 Å². The molecular weight excluding hydrogens is 242 g/mol. The molecule has 0 fully saturated rings. The molecule has 0 heterocycles. The van der Waals surface area contributed by atoms with E-state index in [1.807, 2.05) is 13.8 Å². The Hall–Kier alpha value is -1.23. The van der Waals surface area contributed by atoms with Crippen LogP contribution in [0.1, 0.15) is 32.3 Å². The van der Waals surface area contributed by atoms with Crippen molar-refractivity contribution in [1.82, 2.24) is 0 Å². The summed E-state index contributed by atoms with van der Waals surface area (Å²) in [5.74, 6) is -1.92. The van der Waals surface area contributed by atoms with Gasteiger partial charge in [-0.05, 0) is 25.0 Å². The first-order chi connectivity index (χ1) is 8.01. The molecule has 0 bridgehead atoms. The Balaban J connectivity index is 3.04. The van der Waals surface area contributed by atoms with Gasteiger partial charge in [0.15, 0.2) is 11.6 Å². The molecule has 17 heavy (non-hydrogen) atoms. The van der Waals surface area contributed by atoms with E-state index < -0.39 is 11.6 Å². The summed E-state index contributed by atoms with van der Waals surface area (Å²) in [4.78, 5) is -0.143. The largest absolute Gasteiger partial charge is 0.389 e. The molecule has 0 spiro atoms. The molecular formula is C12H16F2N2S. The number of nitrogens with one attached hydrogen (secondary N) is 1. The van der Waals surface area contributed by atoms with Gasteiger partial charge in [-0.3, -0.25) is 0 Å². The molecule has 3 N–H and O–H groups in total. The first-order valence-electron chi connectivity index (χ1n) is 5.55. The molecule has 0 aliphatic carbocycles. The fraction of sp³-hybridized carbons (Fsp3) is 0.417. The lowest BCUT2D eigenvalue weighted by Crippen LogP contribution is -2.19. The summed E-state index contributed by atoms with van der Waals surface area (Å²) < 4.78 is 27.3. The van der Waals surface area contributed by atoms with Crippen molar-refractivity contribution in [3.63, 3.8) is 0 Å². The molecule has 94 valence electrons. The van der Waals surface area contributed by atoms with Crippen molar-refractivity contribution in [2.24, 2.45) is 5.73 Å². The van der Waals surface area contributed by atoms with E-state index in [0.29, 0.717) is 0 Å². The molecule has 0 aliphatic rings. The maximum absolute atomic E-state index is 13.7. The van der Waals surface area contributed by atoms with E-state index in [9.17, 15) is 8.78 Å². The third kappa shape index (κ3) is 3.12. The molecule has 2 nitrogen and oxygen atoms in total. The van der Waals surface area contributed by atoms with Crippen LogP contribution in [-0.2, 0) is 0 Å². The van der Waals surface area contributed by atoms with Gasteiger partial charge in [0.05, 0.1) is 5.69 Å². The van der Waals surface area contributed by atoms with E-state index in [4.69, 9.17) is 5.73 Å². The average Bonchev–Trinajstić information content (AvgIpc) is 2.30. The molecule has 0 amide bonds. The van der Waals surface area contributed by atoms with Gasteiger partial charge < -0.3 is 11.1 Å². The zero-order valence-electron chi connectivity index (χ0n) is 9.89. The minimum Gasteiger partial charge on any atom is -0.389 e. The predicted molar refractivity (Wildman–Crippen MR) is 70.2 cm³/mol. The maximum atomic E-state index is 13.7. The van der Waals surface area contributed by atoms with Crippen LogP contribution in [0.25, 0.3) is 0 Å². The number of halogens is 2. The number of benzene rings is 1. The van der Waals surface area contributed by atoms with Crippen LogP contribution in [0.2, 0.25) is 0 Å². The highest BCUT2D eigenvalue weighted by molar-refractivity contribution is 7.80. The van der Waals surface area contributed by atoms with Gasteiger partial charge in [0.1, 0.15) is 4.99 Å². The summed E-state index contributed by atoms with van der Waals surface area (Å²) in [6.07, 6.45) is 1.68. The third-order valence-corrected chi connectivity index (χ3v) is 2.91. The van der Waals surface area contributed by atoms with Gasteiger partial charge in [0.2, 0.25) is 0 Å². The lowest BCUT2D eigenvalue weighted by Gasteiger charge is -2.17. The molecule has 1 aromatic rings. The van der Waals surface area contributed by atoms with Crippen molar-refractivity contribution in [2.75, 3.05) is 5.32 Å². The van der Waals surface area contributed by atoms with Crippen LogP contribution in [0.5, 0.6) is 0 Å². The Bertz CT molecular complexity index is 417. The van der Waals surface area contributed by atoms with E-state index >= 15 is 0 Å². The second-order valence-corrected chi connectivity index (χ2v) is 4.25. The van der Waals surface area contributed by atoms with Crippen molar-refractivity contribution >= 4 is 22.9 Å². The number of thiocarbonyl (C=S) groups is 1. The van der Waals surface area contributed by atoms with Crippen LogP contribution in [0.4, 0.5) is 14.5 Å². The number of hydrogen-bond donors (Lipinski definition) is 2. The Labute approximate surface area is 105 Å². The van der Waals surface area contributed by atoms with Gasteiger partial charge in [-0.2, -0.15) is 0 Å². The monoisotopic (exact) mass is 258 g/mol. The molecule has 0 aliphatic heterocycles. The van der Waals surface area contributed by atoms with Crippen LogP contribution in [-0.4, -0.2) is 11.0 Å². The number of hydrogen-bond acceptors (Lipinski definition) is 2. The summed E-state index contributed by atoms with van der Waals surface area (Å²) in [6.45, 7) is 3.97. The minimum atomic E-state index is -0.992. The van der Waals surface area contributed by atoms with Gasteiger partial charge in [-0.25, -0.2) is 8.78 Å². The van der Waals surface area contributed by atoms with Crippen molar-refractivity contribution in [1.29, 1.82) is 0 Å². The molecule has 0 saturated heterocycles. The molecule has 5 heteroatoms. The van der Waals surface area contributed by atoms with Crippen molar-refractivity contribution in [3.8, 4) is 0 Å². The number of rotatable bonds is 5. The lowest BCUT2D eigenvalue weighted by molar-refractivity contribution is 0.507. The van der Waals surface area contributed by atoms with E-state index in [1.165, 1.54) is 12.1 Å². The van der Waals surface area contributed by atoms with E-state index in [-0.39, 0.29) is 22.3 Å². The molecule has 0 atom stereocenters. The molecule has 0 saturated carbocycles. The third-order valence-electron chi connectivity index (χ3n) is 2.69. The zero-order valence-corrected chi connectivity index (χ0v) is 10.7. The lowest BCUT2D eigenvalue weighted by atomic mass is 10.1. The topological polar surface area (TPSA) is 38.0 Å². The van der Waals surface area contributed by atoms with Gasteiger partial charge in [-0.1, -0.05) is 26.1 Å². The summed E-state index contributed by atoms with van der Waals surface area (Å²) in [5.41, 5.74) is 5.38. The molecule has 0 unspecified atom stereocenters. The van der Waals surface area contributed by atoms with Gasteiger partial charge >= 0.3 is 0 Å². The first kappa shape index (κ1) is 13.8. The van der Waals surface area contributed by atoms with E-state index in [0.717, 1.165) is 12.8 Å². The summed E-state index contributed by atoms with van der Waals surface area (Å²) >= 11 is 4.64. The van der Waals surface area contributed by atoms with Crippen LogP contribution >= 0.6 is 12.2 Å². The van der Waals surface area contributed by atoms with E-state index in [2.05, 4.69) is 17.5 Å². The highest BCUT2D eigenvalue weighted by Gasteiger charge is 2.16. The van der Waals surface area contributed by atoms with Gasteiger partial charge in [-0.15, -0.1) is 0 Å². The van der Waals surface area contributed by atoms with Crippen LogP contribution in [0, 0.1) is 11.6 Å². The summed E-state index contributed by atoms with van der Waals surface area (Å²) in [5, 5.41) is 2.95. The van der Waals surface area contributed by atoms with Crippen molar-refractivity contribution in [3.05, 3.63) is 29.3 Å². The first-order valence-corrected chi connectivity index (χ1v) is 5.96. The Morgan fingerprint density at radius 2 is 1.88 bits per heavy atom. The zero-order chi connectivity index (χ0) is 13.0. The number of anilines is 1. The Morgan fingerprint density at radius 1 is 1.29 bits per heavy atom. The summed E-state index contributed by atoms with van der Waals surface area (Å²) in [6, 6.07) is 2.98. The van der Waals surface area contributed by atoms with Gasteiger partial charge in [0.25, 0.3) is 0 Å². The Morgan fingerprint density at radius 3 is 2.35 bits per heavy atom. The quantitative estimate of drug-likeness (QED) is 0.796. The van der Waals surface area contributed by atoms with Gasteiger partial charge in [0, 0.05) is 11.6 Å². The van der Waals surface area contributed by atoms with Crippen molar-refractivity contribution < 1.29 is 8.78 Å². The highest BCUT2D eigenvalue weighted by atomic mass is 32.1. The molecule has 0 radical (unpaired) electrons. The van der Waals surface area contributed by atoms with E-state index in [1.54, 1.807) is 0 Å². The SMILES string of the molecule is CCC(CC)Nc1ccc(C(N)=S)c(F)c1F. The average molecular weight is 258 g/mol. The normalized spacial score (nSPS) is 10.6. The Kier molecular flexibility index (Phi) is 4.81.